The topological polar surface area (TPSA) is 60.7 Å². The molecule has 0 aliphatic carbocycles. The zero-order valence-corrected chi connectivity index (χ0v) is 8.89. The number of hydrogen-bond acceptors (Lipinski definition) is 4. The van der Waals surface area contributed by atoms with Gasteiger partial charge in [-0.1, -0.05) is 0 Å². The minimum Gasteiger partial charge on any atom is -0.294 e. The van der Waals surface area contributed by atoms with Gasteiger partial charge in [0.25, 0.3) is 0 Å². The van der Waals surface area contributed by atoms with Gasteiger partial charge in [-0.15, -0.1) is 10.2 Å². The number of tetrazole rings is 1. The van der Waals surface area contributed by atoms with Crippen LogP contribution in [0, 0.1) is 11.6 Å². The second kappa shape index (κ2) is 4.36. The van der Waals surface area contributed by atoms with Gasteiger partial charge in [-0.3, -0.25) is 4.79 Å². The first-order valence-corrected chi connectivity index (χ1v) is 4.77. The quantitative estimate of drug-likeness (QED) is 0.746. The third kappa shape index (κ3) is 2.49. The first-order chi connectivity index (χ1) is 8.06. The highest BCUT2D eigenvalue weighted by molar-refractivity contribution is 5.97. The fourth-order valence-electron chi connectivity index (χ4n) is 1.35. The number of carbonyl (C=O) groups is 1. The molecule has 2 rings (SSSR count). The summed E-state index contributed by atoms with van der Waals surface area (Å²) in [7, 11) is 1.56. The van der Waals surface area contributed by atoms with Crippen LogP contribution in [0.3, 0.4) is 0 Å². The van der Waals surface area contributed by atoms with Crippen molar-refractivity contribution >= 4 is 5.78 Å². The number of benzene rings is 1. The molecule has 7 heteroatoms. The van der Waals surface area contributed by atoms with Gasteiger partial charge in [0.05, 0.1) is 19.0 Å². The minimum atomic E-state index is -0.890. The van der Waals surface area contributed by atoms with Crippen LogP contribution < -0.4 is 0 Å². The van der Waals surface area contributed by atoms with Gasteiger partial charge in [-0.05, 0) is 17.3 Å². The van der Waals surface area contributed by atoms with Crippen molar-refractivity contribution in [1.82, 2.24) is 20.2 Å². The number of rotatable bonds is 3. The van der Waals surface area contributed by atoms with Gasteiger partial charge < -0.3 is 0 Å². The van der Waals surface area contributed by atoms with Gasteiger partial charge in [0.1, 0.15) is 11.6 Å². The molecule has 0 spiro atoms. The average molecular weight is 238 g/mol. The minimum absolute atomic E-state index is 0.170. The Morgan fingerprint density at radius 1 is 1.41 bits per heavy atom. The van der Waals surface area contributed by atoms with E-state index < -0.39 is 17.4 Å². The molecule has 1 heterocycles. The maximum absolute atomic E-state index is 13.3. The third-order valence-corrected chi connectivity index (χ3v) is 2.10. The van der Waals surface area contributed by atoms with Crippen LogP contribution >= 0.6 is 0 Å². The molecule has 0 saturated carbocycles. The molecule has 0 bridgehead atoms. The van der Waals surface area contributed by atoms with Crippen LogP contribution in [0.4, 0.5) is 8.78 Å². The zero-order chi connectivity index (χ0) is 12.4. The maximum atomic E-state index is 13.3. The summed E-state index contributed by atoms with van der Waals surface area (Å²) in [5.41, 5.74) is -0.182. The van der Waals surface area contributed by atoms with E-state index in [1.807, 2.05) is 0 Å². The van der Waals surface area contributed by atoms with E-state index in [0.717, 1.165) is 12.1 Å². The summed E-state index contributed by atoms with van der Waals surface area (Å²) >= 11 is 0. The monoisotopic (exact) mass is 238 g/mol. The molecule has 0 amide bonds. The van der Waals surface area contributed by atoms with Crippen LogP contribution in [-0.2, 0) is 13.5 Å². The molecular weight excluding hydrogens is 230 g/mol. The highest BCUT2D eigenvalue weighted by Gasteiger charge is 2.15. The van der Waals surface area contributed by atoms with Crippen LogP contribution in [0.1, 0.15) is 16.2 Å². The summed E-state index contributed by atoms with van der Waals surface area (Å²) < 4.78 is 25.9. The van der Waals surface area contributed by atoms with E-state index in [0.29, 0.717) is 6.07 Å². The average Bonchev–Trinajstić information content (AvgIpc) is 2.63. The number of hydrogen-bond donors (Lipinski definition) is 0. The Morgan fingerprint density at radius 2 is 2.18 bits per heavy atom. The number of aromatic nitrogens is 4. The van der Waals surface area contributed by atoms with Crippen molar-refractivity contribution in [2.75, 3.05) is 0 Å². The molecule has 0 N–H and O–H groups in total. The number of carbonyl (C=O) groups excluding carboxylic acids is 1. The number of Topliss-reactive ketones (excluding diaryl/α,β-unsaturated/α-hetero) is 1. The van der Waals surface area contributed by atoms with E-state index in [9.17, 15) is 13.6 Å². The van der Waals surface area contributed by atoms with Crippen LogP contribution in [0.15, 0.2) is 18.2 Å². The molecule has 0 aliphatic rings. The lowest BCUT2D eigenvalue weighted by Crippen LogP contribution is -2.08. The lowest BCUT2D eigenvalue weighted by molar-refractivity contribution is 0.0987. The van der Waals surface area contributed by atoms with Crippen molar-refractivity contribution < 1.29 is 13.6 Å². The molecule has 0 fully saturated rings. The van der Waals surface area contributed by atoms with E-state index >= 15 is 0 Å². The highest BCUT2D eigenvalue weighted by Crippen LogP contribution is 2.11. The summed E-state index contributed by atoms with van der Waals surface area (Å²) in [6.45, 7) is 0. The predicted molar refractivity (Wildman–Crippen MR) is 53.2 cm³/mol. The van der Waals surface area contributed by atoms with Crippen molar-refractivity contribution in [2.24, 2.45) is 7.05 Å². The molecule has 0 radical (unpaired) electrons. The molecule has 0 atom stereocenters. The summed E-state index contributed by atoms with van der Waals surface area (Å²) in [6, 6.07) is 2.79. The van der Waals surface area contributed by atoms with Gasteiger partial charge >= 0.3 is 0 Å². The van der Waals surface area contributed by atoms with Gasteiger partial charge in [0.15, 0.2) is 11.6 Å². The van der Waals surface area contributed by atoms with Crippen LogP contribution in [0.2, 0.25) is 0 Å². The Labute approximate surface area is 95.1 Å². The van der Waals surface area contributed by atoms with E-state index in [4.69, 9.17) is 0 Å². The Hall–Kier alpha value is -2.18. The van der Waals surface area contributed by atoms with Gasteiger partial charge in [-0.25, -0.2) is 8.78 Å². The van der Waals surface area contributed by atoms with Gasteiger partial charge in [-0.2, -0.15) is 4.80 Å². The number of halogens is 2. The Bertz CT molecular complexity index is 567. The van der Waals surface area contributed by atoms with Crippen molar-refractivity contribution in [3.8, 4) is 0 Å². The molecule has 5 nitrogen and oxygen atoms in total. The fraction of sp³-hybridized carbons (Fsp3) is 0.200. The van der Waals surface area contributed by atoms with Crippen LogP contribution in [0.5, 0.6) is 0 Å². The summed E-state index contributed by atoms with van der Waals surface area (Å²) in [5.74, 6) is -1.94. The SMILES string of the molecule is Cn1nnc(CC(=O)c2ccc(F)cc2F)n1. The summed E-state index contributed by atoms with van der Waals surface area (Å²) in [6.07, 6.45) is -0.170. The molecule has 0 unspecified atom stereocenters. The first-order valence-electron chi connectivity index (χ1n) is 4.77. The molecule has 1 aromatic carbocycles. The van der Waals surface area contributed by atoms with Gasteiger partial charge in [0.2, 0.25) is 0 Å². The number of nitrogens with zero attached hydrogens (tertiary/aromatic N) is 4. The molecule has 17 heavy (non-hydrogen) atoms. The van der Waals surface area contributed by atoms with E-state index in [1.54, 1.807) is 7.05 Å². The standard InChI is InChI=1S/C10H8F2N4O/c1-16-14-10(13-15-16)5-9(17)7-3-2-6(11)4-8(7)12/h2-4H,5H2,1H3. The Kier molecular flexibility index (Phi) is 2.90. The Balaban J connectivity index is 2.20. The van der Waals surface area contributed by atoms with Crippen LogP contribution in [0.25, 0.3) is 0 Å². The number of ketones is 1. The highest BCUT2D eigenvalue weighted by atomic mass is 19.1. The van der Waals surface area contributed by atoms with E-state index in [2.05, 4.69) is 15.4 Å². The molecule has 0 saturated heterocycles. The normalized spacial score (nSPS) is 10.5. The van der Waals surface area contributed by atoms with Crippen molar-refractivity contribution in [3.63, 3.8) is 0 Å². The lowest BCUT2D eigenvalue weighted by atomic mass is 10.1. The van der Waals surface area contributed by atoms with Crippen LogP contribution in [-0.4, -0.2) is 26.0 Å². The van der Waals surface area contributed by atoms with E-state index in [-0.39, 0.29) is 17.8 Å². The second-order valence-corrected chi connectivity index (χ2v) is 3.42. The van der Waals surface area contributed by atoms with Crippen molar-refractivity contribution in [1.29, 1.82) is 0 Å². The zero-order valence-electron chi connectivity index (χ0n) is 8.89. The third-order valence-electron chi connectivity index (χ3n) is 2.10. The fourth-order valence-corrected chi connectivity index (χ4v) is 1.35. The molecule has 1 aromatic heterocycles. The molecular formula is C10H8F2N4O. The first kappa shape index (κ1) is 11.3. The number of aryl methyl sites for hydroxylation is 1. The summed E-state index contributed by atoms with van der Waals surface area (Å²) in [4.78, 5) is 12.9. The maximum Gasteiger partial charge on any atom is 0.182 e. The smallest absolute Gasteiger partial charge is 0.182 e. The van der Waals surface area contributed by atoms with Gasteiger partial charge in [0, 0.05) is 6.07 Å². The van der Waals surface area contributed by atoms with E-state index in [1.165, 1.54) is 4.80 Å². The molecule has 88 valence electrons. The summed E-state index contributed by atoms with van der Waals surface area (Å²) in [5, 5.41) is 11.0. The second-order valence-electron chi connectivity index (χ2n) is 3.42. The molecule has 0 aliphatic heterocycles. The van der Waals surface area contributed by atoms with Crippen molar-refractivity contribution in [3.05, 3.63) is 41.2 Å². The lowest BCUT2D eigenvalue weighted by Gasteiger charge is -2.00. The largest absolute Gasteiger partial charge is 0.294 e. The Morgan fingerprint density at radius 3 is 2.76 bits per heavy atom. The van der Waals surface area contributed by atoms with Crippen molar-refractivity contribution in [2.45, 2.75) is 6.42 Å². The molecule has 2 aromatic rings. The predicted octanol–water partition coefficient (Wildman–Crippen LogP) is 0.914.